The molecule has 2 fully saturated rings. The van der Waals surface area contributed by atoms with Gasteiger partial charge in [-0.1, -0.05) is 54.6 Å². The normalized spacial score (nSPS) is 34.2. The highest BCUT2D eigenvalue weighted by atomic mass is 32.2. The van der Waals surface area contributed by atoms with Crippen molar-refractivity contribution in [3.8, 4) is 0 Å². The Bertz CT molecular complexity index is 964. The van der Waals surface area contributed by atoms with Gasteiger partial charge in [-0.05, 0) is 5.56 Å². The summed E-state index contributed by atoms with van der Waals surface area (Å²) in [5, 5.41) is 9.41. The fraction of sp³-hybridized carbons (Fsp3) is 0.435. The highest BCUT2D eigenvalue weighted by Crippen LogP contribution is 2.60. The summed E-state index contributed by atoms with van der Waals surface area (Å²) in [6.07, 6.45) is 7.64. The van der Waals surface area contributed by atoms with Gasteiger partial charge < -0.3 is 19.6 Å². The van der Waals surface area contributed by atoms with Crippen LogP contribution in [0.1, 0.15) is 5.56 Å². The Kier molecular flexibility index (Phi) is 5.14. The van der Waals surface area contributed by atoms with E-state index in [-0.39, 0.29) is 36.8 Å². The van der Waals surface area contributed by atoms with Crippen molar-refractivity contribution in [1.29, 1.82) is 0 Å². The van der Waals surface area contributed by atoms with Gasteiger partial charge in [-0.15, -0.1) is 11.8 Å². The Balaban J connectivity index is 1.56. The molecule has 4 heterocycles. The van der Waals surface area contributed by atoms with Gasteiger partial charge in [-0.2, -0.15) is 0 Å². The minimum Gasteiger partial charge on any atom is -0.461 e. The first-order valence-corrected chi connectivity index (χ1v) is 11.4. The third-order valence-corrected chi connectivity index (χ3v) is 8.30. The van der Waals surface area contributed by atoms with Crippen molar-refractivity contribution >= 4 is 29.5 Å². The number of hydrogen-bond acceptors (Lipinski definition) is 6. The average Bonchev–Trinajstić information content (AvgIpc) is 3.06. The Hall–Kier alpha value is -2.58. The predicted molar refractivity (Wildman–Crippen MR) is 115 cm³/mol. The highest BCUT2D eigenvalue weighted by molar-refractivity contribution is 8.02. The molecule has 8 heteroatoms. The quantitative estimate of drug-likeness (QED) is 0.555. The Labute approximate surface area is 184 Å². The third-order valence-electron chi connectivity index (χ3n) is 6.55. The molecule has 4 aliphatic rings. The molecule has 1 spiro atoms. The molecule has 0 aliphatic carbocycles. The number of aliphatic hydroxyl groups is 1. The zero-order chi connectivity index (χ0) is 21.6. The van der Waals surface area contributed by atoms with Crippen LogP contribution in [-0.2, 0) is 25.7 Å². The number of nitrogens with zero attached hydrogens (tertiary/aromatic N) is 2. The summed E-state index contributed by atoms with van der Waals surface area (Å²) in [5.74, 6) is -2.13. The summed E-state index contributed by atoms with van der Waals surface area (Å²) in [5.41, 5.74) is 1.01. The summed E-state index contributed by atoms with van der Waals surface area (Å²) >= 11 is 1.51. The molecular weight excluding hydrogens is 416 g/mol. The summed E-state index contributed by atoms with van der Waals surface area (Å²) in [7, 11) is 0. The van der Waals surface area contributed by atoms with Crippen LogP contribution in [0.4, 0.5) is 0 Å². The summed E-state index contributed by atoms with van der Waals surface area (Å²) in [6, 6.07) is 8.96. The molecule has 5 rings (SSSR count). The van der Waals surface area contributed by atoms with E-state index in [4.69, 9.17) is 4.74 Å². The van der Waals surface area contributed by atoms with Gasteiger partial charge in [-0.3, -0.25) is 14.4 Å². The van der Waals surface area contributed by atoms with Crippen molar-refractivity contribution in [1.82, 2.24) is 9.80 Å². The van der Waals surface area contributed by atoms with E-state index in [9.17, 15) is 19.5 Å². The van der Waals surface area contributed by atoms with E-state index < -0.39 is 28.6 Å². The fourth-order valence-electron chi connectivity index (χ4n) is 5.31. The number of rotatable bonds is 4. The topological polar surface area (TPSA) is 87.2 Å². The monoisotopic (exact) mass is 440 g/mol. The fourth-order valence-corrected chi connectivity index (χ4v) is 7.31. The third kappa shape index (κ3) is 3.11. The smallest absolute Gasteiger partial charge is 0.311 e. The zero-order valence-corrected chi connectivity index (χ0v) is 17.7. The Morgan fingerprint density at radius 1 is 1.13 bits per heavy atom. The van der Waals surface area contributed by atoms with E-state index in [0.717, 1.165) is 5.56 Å². The summed E-state index contributed by atoms with van der Waals surface area (Å²) < 4.78 is 4.47. The molecular formula is C23H24N2O5S. The first kappa shape index (κ1) is 20.3. The lowest BCUT2D eigenvalue weighted by molar-refractivity contribution is -0.151. The van der Waals surface area contributed by atoms with Crippen LogP contribution in [0, 0.1) is 11.8 Å². The van der Waals surface area contributed by atoms with Crippen molar-refractivity contribution < 1.29 is 24.2 Å². The van der Waals surface area contributed by atoms with E-state index in [0.29, 0.717) is 13.1 Å². The van der Waals surface area contributed by atoms with Gasteiger partial charge in [0.2, 0.25) is 11.8 Å². The van der Waals surface area contributed by atoms with Crippen molar-refractivity contribution in [3.63, 3.8) is 0 Å². The van der Waals surface area contributed by atoms with E-state index in [1.807, 2.05) is 54.6 Å². The molecule has 0 radical (unpaired) electrons. The molecule has 4 aliphatic heterocycles. The summed E-state index contributed by atoms with van der Waals surface area (Å²) in [4.78, 5) is 43.4. The second kappa shape index (κ2) is 7.84. The number of amides is 2. The molecule has 5 atom stereocenters. The lowest BCUT2D eigenvalue weighted by Crippen LogP contribution is -2.53. The number of cyclic esters (lactones) is 1. The molecule has 162 valence electrons. The molecule has 1 N–H and O–H groups in total. The van der Waals surface area contributed by atoms with Gasteiger partial charge in [0.15, 0.2) is 0 Å². The van der Waals surface area contributed by atoms with Crippen molar-refractivity contribution in [2.45, 2.75) is 22.6 Å². The summed E-state index contributed by atoms with van der Waals surface area (Å²) in [6.45, 7) is 0.870. The largest absolute Gasteiger partial charge is 0.461 e. The van der Waals surface area contributed by atoms with E-state index in [1.54, 1.807) is 4.90 Å². The number of esters is 1. The SMILES string of the molecule is O=C1OCC=C[C@@H]2S[C@]34C=CCN(Cc5ccccc5)C(=O)C3N(CCO)C(=O)[C@@H]4[C@H]12. The number of ether oxygens (including phenoxy) is 1. The van der Waals surface area contributed by atoms with Gasteiger partial charge >= 0.3 is 5.97 Å². The number of carbonyl (C=O) groups is 3. The molecule has 0 bridgehead atoms. The minimum absolute atomic E-state index is 0.0589. The lowest BCUT2D eigenvalue weighted by atomic mass is 9.78. The van der Waals surface area contributed by atoms with E-state index in [1.165, 1.54) is 16.7 Å². The number of benzene rings is 1. The molecule has 1 aromatic carbocycles. The molecule has 1 unspecified atom stereocenters. The number of likely N-dealkylation sites (tertiary alicyclic amines) is 1. The zero-order valence-electron chi connectivity index (χ0n) is 16.9. The standard InChI is InChI=1S/C23H24N2O5S/c26-12-11-25-19-21(28)24(14-15-6-2-1-3-7-15)10-5-9-23(19)18(20(25)27)17-16(31-23)8-4-13-30-22(17)29/h1-9,16-19,26H,10-14H2/t16-,17+,18-,19?,23-/m0/s1. The van der Waals surface area contributed by atoms with Crippen LogP contribution >= 0.6 is 11.8 Å². The van der Waals surface area contributed by atoms with Gasteiger partial charge in [0, 0.05) is 24.9 Å². The maximum Gasteiger partial charge on any atom is 0.311 e. The van der Waals surface area contributed by atoms with E-state index in [2.05, 4.69) is 0 Å². The van der Waals surface area contributed by atoms with Crippen LogP contribution in [0.15, 0.2) is 54.6 Å². The minimum atomic E-state index is -0.856. The van der Waals surface area contributed by atoms with Crippen molar-refractivity contribution in [2.75, 3.05) is 26.3 Å². The van der Waals surface area contributed by atoms with Crippen LogP contribution in [0.25, 0.3) is 0 Å². The van der Waals surface area contributed by atoms with Crippen LogP contribution in [0.2, 0.25) is 0 Å². The number of hydrogen-bond donors (Lipinski definition) is 1. The maximum absolute atomic E-state index is 13.8. The maximum atomic E-state index is 13.8. The van der Waals surface area contributed by atoms with Gasteiger partial charge in [0.25, 0.3) is 0 Å². The van der Waals surface area contributed by atoms with Crippen molar-refractivity contribution in [2.24, 2.45) is 11.8 Å². The number of fused-ring (bicyclic) bond motifs is 2. The Morgan fingerprint density at radius 3 is 2.71 bits per heavy atom. The first-order chi connectivity index (χ1) is 15.1. The number of aliphatic hydroxyl groups excluding tert-OH is 1. The Morgan fingerprint density at radius 2 is 1.94 bits per heavy atom. The molecule has 2 saturated heterocycles. The van der Waals surface area contributed by atoms with Crippen LogP contribution in [0.5, 0.6) is 0 Å². The number of thioether (sulfide) groups is 1. The molecule has 0 aromatic heterocycles. The highest BCUT2D eigenvalue weighted by Gasteiger charge is 2.70. The second-order valence-electron chi connectivity index (χ2n) is 8.26. The van der Waals surface area contributed by atoms with Crippen LogP contribution in [0.3, 0.4) is 0 Å². The molecule has 7 nitrogen and oxygen atoms in total. The molecule has 1 aromatic rings. The number of β-amino-alcohol motifs (C(OH)–C–C–N with tert-alkyl or cyclic N) is 1. The predicted octanol–water partition coefficient (Wildman–Crippen LogP) is 0.988. The molecule has 31 heavy (non-hydrogen) atoms. The lowest BCUT2D eigenvalue weighted by Gasteiger charge is -2.35. The van der Waals surface area contributed by atoms with Gasteiger partial charge in [0.05, 0.1) is 23.2 Å². The van der Waals surface area contributed by atoms with Gasteiger partial charge in [0.1, 0.15) is 12.6 Å². The average molecular weight is 441 g/mol. The van der Waals surface area contributed by atoms with E-state index >= 15 is 0 Å². The first-order valence-electron chi connectivity index (χ1n) is 10.5. The molecule has 0 saturated carbocycles. The molecule has 2 amide bonds. The van der Waals surface area contributed by atoms with Crippen LogP contribution < -0.4 is 0 Å². The van der Waals surface area contributed by atoms with Gasteiger partial charge in [-0.25, -0.2) is 0 Å². The van der Waals surface area contributed by atoms with Crippen molar-refractivity contribution in [3.05, 3.63) is 60.2 Å². The second-order valence-corrected chi connectivity index (χ2v) is 9.75. The number of carbonyl (C=O) groups excluding carboxylic acids is 3. The van der Waals surface area contributed by atoms with Crippen LogP contribution in [-0.4, -0.2) is 75.0 Å².